The Bertz CT molecular complexity index is 1160. The van der Waals surface area contributed by atoms with Gasteiger partial charge in [-0.05, 0) is 39.0 Å². The van der Waals surface area contributed by atoms with Crippen LogP contribution in [0.4, 0.5) is 0 Å². The number of ketones is 1. The van der Waals surface area contributed by atoms with Crippen LogP contribution in [-0.4, -0.2) is 35.9 Å². The van der Waals surface area contributed by atoms with Crippen LogP contribution in [0.3, 0.4) is 0 Å². The number of fused-ring (bicyclic) bond motifs is 1. The molecular formula is C22H23N5OS. The Morgan fingerprint density at radius 2 is 1.72 bits per heavy atom. The van der Waals surface area contributed by atoms with Gasteiger partial charge < -0.3 is 9.13 Å². The summed E-state index contributed by atoms with van der Waals surface area (Å²) in [5.41, 5.74) is 3.91. The summed E-state index contributed by atoms with van der Waals surface area (Å²) in [4.78, 5) is 17.2. The van der Waals surface area contributed by atoms with E-state index in [-0.39, 0.29) is 5.78 Å². The molecule has 0 aliphatic rings. The topological polar surface area (TPSA) is 65.6 Å². The summed E-state index contributed by atoms with van der Waals surface area (Å²) < 4.78 is 4.23. The largest absolute Gasteiger partial charge is 0.344 e. The third-order valence-corrected chi connectivity index (χ3v) is 6.10. The van der Waals surface area contributed by atoms with Gasteiger partial charge in [-0.2, -0.15) is 0 Å². The molecule has 29 heavy (non-hydrogen) atoms. The van der Waals surface area contributed by atoms with Crippen LogP contribution in [0.25, 0.3) is 22.3 Å². The molecule has 0 N–H and O–H groups in total. The van der Waals surface area contributed by atoms with E-state index in [0.29, 0.717) is 5.75 Å². The zero-order chi connectivity index (χ0) is 20.4. The molecule has 4 aromatic rings. The molecule has 0 bridgehead atoms. The average Bonchev–Trinajstić information content (AvgIpc) is 3.30. The van der Waals surface area contributed by atoms with Crippen LogP contribution in [0, 0.1) is 6.92 Å². The third-order valence-electron chi connectivity index (χ3n) is 5.13. The number of hydrogen-bond donors (Lipinski definition) is 0. The maximum atomic E-state index is 13.2. The molecular weight excluding hydrogens is 382 g/mol. The zero-order valence-electron chi connectivity index (χ0n) is 16.8. The van der Waals surface area contributed by atoms with E-state index in [4.69, 9.17) is 0 Å². The number of pyridine rings is 1. The van der Waals surface area contributed by atoms with Gasteiger partial charge in [0.1, 0.15) is 0 Å². The third kappa shape index (κ3) is 3.46. The van der Waals surface area contributed by atoms with E-state index in [2.05, 4.69) is 39.7 Å². The summed E-state index contributed by atoms with van der Waals surface area (Å²) in [6.07, 6.45) is 3.49. The molecule has 0 saturated carbocycles. The SMILES string of the molecule is CCn1c(SCC(=O)c2c(C)n(CC)c3ccccc23)nnc1-c1ccncc1. The number of rotatable bonds is 7. The van der Waals surface area contributed by atoms with Crippen molar-refractivity contribution < 1.29 is 4.79 Å². The predicted octanol–water partition coefficient (Wildman–Crippen LogP) is 4.62. The summed E-state index contributed by atoms with van der Waals surface area (Å²) in [6, 6.07) is 11.9. The van der Waals surface area contributed by atoms with Crippen LogP contribution in [0.1, 0.15) is 29.9 Å². The number of Topliss-reactive ketones (excluding diaryl/α,β-unsaturated/α-hetero) is 1. The lowest BCUT2D eigenvalue weighted by Crippen LogP contribution is -2.07. The second kappa shape index (κ2) is 8.21. The zero-order valence-corrected chi connectivity index (χ0v) is 17.6. The highest BCUT2D eigenvalue weighted by Gasteiger charge is 2.21. The number of hydrogen-bond acceptors (Lipinski definition) is 5. The molecule has 0 fully saturated rings. The average molecular weight is 406 g/mol. The van der Waals surface area contributed by atoms with Crippen LogP contribution in [0.15, 0.2) is 53.9 Å². The van der Waals surface area contributed by atoms with E-state index in [9.17, 15) is 4.79 Å². The molecule has 3 heterocycles. The number of carbonyl (C=O) groups excluding carboxylic acids is 1. The second-order valence-electron chi connectivity index (χ2n) is 6.72. The number of thioether (sulfide) groups is 1. The Balaban J connectivity index is 1.61. The van der Waals surface area contributed by atoms with E-state index in [1.807, 2.05) is 41.8 Å². The van der Waals surface area contributed by atoms with Gasteiger partial charge in [0, 0.05) is 53.2 Å². The molecule has 0 atom stereocenters. The van der Waals surface area contributed by atoms with Gasteiger partial charge in [-0.1, -0.05) is 30.0 Å². The minimum Gasteiger partial charge on any atom is -0.344 e. The first-order valence-corrected chi connectivity index (χ1v) is 10.7. The first kappa shape index (κ1) is 19.4. The van der Waals surface area contributed by atoms with E-state index >= 15 is 0 Å². The van der Waals surface area contributed by atoms with E-state index in [1.165, 1.54) is 11.8 Å². The smallest absolute Gasteiger partial charge is 0.191 e. The Morgan fingerprint density at radius 1 is 1.00 bits per heavy atom. The molecule has 0 aliphatic carbocycles. The number of nitrogens with zero attached hydrogens (tertiary/aromatic N) is 5. The molecule has 0 amide bonds. The molecule has 0 unspecified atom stereocenters. The van der Waals surface area contributed by atoms with Gasteiger partial charge in [0.25, 0.3) is 0 Å². The van der Waals surface area contributed by atoms with Gasteiger partial charge in [0.2, 0.25) is 0 Å². The normalized spacial score (nSPS) is 11.3. The monoisotopic (exact) mass is 405 g/mol. The van der Waals surface area contributed by atoms with Crippen LogP contribution in [0.2, 0.25) is 0 Å². The van der Waals surface area contributed by atoms with Crippen molar-refractivity contribution in [2.24, 2.45) is 0 Å². The van der Waals surface area contributed by atoms with Crippen LogP contribution >= 0.6 is 11.8 Å². The van der Waals surface area contributed by atoms with Crippen molar-refractivity contribution in [2.45, 2.75) is 39.0 Å². The molecule has 0 aliphatic heterocycles. The quantitative estimate of drug-likeness (QED) is 0.332. The minimum atomic E-state index is 0.118. The maximum Gasteiger partial charge on any atom is 0.191 e. The van der Waals surface area contributed by atoms with Crippen molar-refractivity contribution in [3.8, 4) is 11.4 Å². The maximum absolute atomic E-state index is 13.2. The molecule has 0 spiro atoms. The minimum absolute atomic E-state index is 0.118. The first-order valence-electron chi connectivity index (χ1n) is 9.73. The summed E-state index contributed by atoms with van der Waals surface area (Å²) in [7, 11) is 0. The van der Waals surface area contributed by atoms with Gasteiger partial charge in [0.15, 0.2) is 16.8 Å². The highest BCUT2D eigenvalue weighted by atomic mass is 32.2. The van der Waals surface area contributed by atoms with Gasteiger partial charge in [-0.25, -0.2) is 0 Å². The van der Waals surface area contributed by atoms with Crippen molar-refractivity contribution in [2.75, 3.05) is 5.75 Å². The Labute approximate surface area is 174 Å². The van der Waals surface area contributed by atoms with Gasteiger partial charge >= 0.3 is 0 Å². The number of aromatic nitrogens is 5. The van der Waals surface area contributed by atoms with Crippen molar-refractivity contribution in [1.82, 2.24) is 24.3 Å². The van der Waals surface area contributed by atoms with Crippen molar-refractivity contribution in [3.63, 3.8) is 0 Å². The number of carbonyl (C=O) groups is 1. The lowest BCUT2D eigenvalue weighted by Gasteiger charge is -2.07. The van der Waals surface area contributed by atoms with E-state index in [1.54, 1.807) is 12.4 Å². The standard InChI is InChI=1S/C22H23N5OS/c1-4-26-15(3)20(17-8-6-7-9-18(17)26)19(28)14-29-22-25-24-21(27(22)5-2)16-10-12-23-13-11-16/h6-13H,4-5,14H2,1-3H3. The summed E-state index contributed by atoms with van der Waals surface area (Å²) in [5.74, 6) is 1.24. The fourth-order valence-electron chi connectivity index (χ4n) is 3.79. The van der Waals surface area contributed by atoms with E-state index in [0.717, 1.165) is 51.8 Å². The first-order chi connectivity index (χ1) is 14.2. The van der Waals surface area contributed by atoms with Crippen molar-refractivity contribution >= 4 is 28.4 Å². The van der Waals surface area contributed by atoms with Crippen LogP contribution in [-0.2, 0) is 13.1 Å². The van der Waals surface area contributed by atoms with Crippen LogP contribution in [0.5, 0.6) is 0 Å². The fourth-order valence-corrected chi connectivity index (χ4v) is 4.66. The Morgan fingerprint density at radius 3 is 2.45 bits per heavy atom. The molecule has 0 saturated heterocycles. The predicted molar refractivity (Wildman–Crippen MR) is 116 cm³/mol. The molecule has 4 rings (SSSR count). The fraction of sp³-hybridized carbons (Fsp3) is 0.273. The lowest BCUT2D eigenvalue weighted by molar-refractivity contribution is 0.102. The Kier molecular flexibility index (Phi) is 5.49. The molecule has 6 nitrogen and oxygen atoms in total. The van der Waals surface area contributed by atoms with Crippen LogP contribution < -0.4 is 0 Å². The lowest BCUT2D eigenvalue weighted by atomic mass is 10.1. The van der Waals surface area contributed by atoms with E-state index < -0.39 is 0 Å². The van der Waals surface area contributed by atoms with Crippen molar-refractivity contribution in [3.05, 3.63) is 60.0 Å². The van der Waals surface area contributed by atoms with Crippen molar-refractivity contribution in [1.29, 1.82) is 0 Å². The number of para-hydroxylation sites is 1. The molecule has 0 radical (unpaired) electrons. The molecule has 148 valence electrons. The Hall–Kier alpha value is -2.93. The highest BCUT2D eigenvalue weighted by molar-refractivity contribution is 7.99. The van der Waals surface area contributed by atoms with Gasteiger partial charge in [-0.3, -0.25) is 9.78 Å². The highest BCUT2D eigenvalue weighted by Crippen LogP contribution is 2.29. The summed E-state index contributed by atoms with van der Waals surface area (Å²) in [5, 5.41) is 10.4. The van der Waals surface area contributed by atoms with Gasteiger partial charge in [0.05, 0.1) is 5.75 Å². The molecule has 1 aromatic carbocycles. The molecule has 7 heteroatoms. The van der Waals surface area contributed by atoms with Gasteiger partial charge in [-0.15, -0.1) is 10.2 Å². The second-order valence-corrected chi connectivity index (χ2v) is 7.66. The number of benzene rings is 1. The summed E-state index contributed by atoms with van der Waals surface area (Å²) >= 11 is 1.44. The summed E-state index contributed by atoms with van der Waals surface area (Å²) in [6.45, 7) is 7.75. The number of aryl methyl sites for hydroxylation is 1. The molecule has 3 aromatic heterocycles.